The average molecular weight is 286 g/mol. The Morgan fingerprint density at radius 3 is 2.90 bits per heavy atom. The number of ether oxygens (including phenoxy) is 3. The van der Waals surface area contributed by atoms with Crippen LogP contribution in [-0.2, 0) is 0 Å². The predicted molar refractivity (Wildman–Crippen MR) is 73.9 cm³/mol. The first-order valence-corrected chi connectivity index (χ1v) is 6.19. The molecule has 21 heavy (non-hydrogen) atoms. The zero-order valence-corrected chi connectivity index (χ0v) is 10.7. The summed E-state index contributed by atoms with van der Waals surface area (Å²) in [5.41, 5.74) is 7.17. The Balaban J connectivity index is 1.73. The van der Waals surface area contributed by atoms with Gasteiger partial charge in [-0.3, -0.25) is 4.98 Å². The number of aromatic amines is 1. The molecule has 0 amide bonds. The summed E-state index contributed by atoms with van der Waals surface area (Å²) >= 11 is 0. The van der Waals surface area contributed by atoms with E-state index in [1.54, 1.807) is 24.3 Å². The van der Waals surface area contributed by atoms with Crippen molar-refractivity contribution >= 4 is 16.8 Å². The minimum Gasteiger partial charge on any atom is -0.455 e. The monoisotopic (exact) mass is 286 g/mol. The lowest BCUT2D eigenvalue weighted by molar-refractivity contribution is 0.174. The molecular formula is C14H10N2O5. The van der Waals surface area contributed by atoms with Crippen LogP contribution in [0.5, 0.6) is 23.0 Å². The van der Waals surface area contributed by atoms with E-state index in [1.807, 2.05) is 0 Å². The molecular weight excluding hydrogens is 276 g/mol. The summed E-state index contributed by atoms with van der Waals surface area (Å²) in [5, 5.41) is 0. The van der Waals surface area contributed by atoms with Gasteiger partial charge in [0, 0.05) is 18.2 Å². The third kappa shape index (κ3) is 1.95. The molecule has 0 radical (unpaired) electrons. The number of nitrogens with two attached hydrogens (primary N) is 1. The molecule has 3 aromatic rings. The van der Waals surface area contributed by atoms with Gasteiger partial charge in [0.25, 0.3) is 0 Å². The number of benzene rings is 2. The highest BCUT2D eigenvalue weighted by molar-refractivity contribution is 5.80. The molecule has 4 rings (SSSR count). The number of rotatable bonds is 2. The zero-order chi connectivity index (χ0) is 14.4. The van der Waals surface area contributed by atoms with Gasteiger partial charge >= 0.3 is 5.76 Å². The van der Waals surface area contributed by atoms with Crippen LogP contribution < -0.4 is 25.7 Å². The number of hydrogen-bond donors (Lipinski definition) is 2. The summed E-state index contributed by atoms with van der Waals surface area (Å²) in [7, 11) is 0. The third-order valence-electron chi connectivity index (χ3n) is 3.12. The predicted octanol–water partition coefficient (Wildman–Crippen LogP) is 2.22. The molecule has 1 aliphatic rings. The fraction of sp³-hybridized carbons (Fsp3) is 0.0714. The molecule has 2 aromatic carbocycles. The molecule has 7 nitrogen and oxygen atoms in total. The number of nitrogen functional groups attached to an aromatic ring is 1. The molecule has 0 saturated heterocycles. The van der Waals surface area contributed by atoms with Gasteiger partial charge in [-0.25, -0.2) is 4.79 Å². The van der Waals surface area contributed by atoms with Crippen LogP contribution in [0.25, 0.3) is 11.1 Å². The van der Waals surface area contributed by atoms with E-state index in [-0.39, 0.29) is 6.79 Å². The van der Waals surface area contributed by atoms with Crippen molar-refractivity contribution in [2.24, 2.45) is 0 Å². The Morgan fingerprint density at radius 2 is 2.00 bits per heavy atom. The fourth-order valence-corrected chi connectivity index (χ4v) is 2.15. The number of aromatic nitrogens is 1. The molecule has 0 bridgehead atoms. The highest BCUT2D eigenvalue weighted by Gasteiger charge is 2.15. The molecule has 0 atom stereocenters. The zero-order valence-electron chi connectivity index (χ0n) is 10.7. The summed E-state index contributed by atoms with van der Waals surface area (Å²) < 4.78 is 21.2. The van der Waals surface area contributed by atoms with E-state index in [4.69, 9.17) is 24.4 Å². The molecule has 0 saturated carbocycles. The Morgan fingerprint density at radius 1 is 1.14 bits per heavy atom. The highest BCUT2D eigenvalue weighted by atomic mass is 16.7. The Bertz CT molecular complexity index is 896. The van der Waals surface area contributed by atoms with Crippen molar-refractivity contribution in [1.29, 1.82) is 0 Å². The van der Waals surface area contributed by atoms with Crippen molar-refractivity contribution in [2.75, 3.05) is 12.5 Å². The van der Waals surface area contributed by atoms with Crippen molar-refractivity contribution in [3.63, 3.8) is 0 Å². The van der Waals surface area contributed by atoms with Crippen molar-refractivity contribution in [3.05, 3.63) is 40.9 Å². The third-order valence-corrected chi connectivity index (χ3v) is 3.12. The number of anilines is 1. The van der Waals surface area contributed by atoms with Crippen molar-refractivity contribution < 1.29 is 18.6 Å². The lowest BCUT2D eigenvalue weighted by Crippen LogP contribution is -1.94. The second-order valence-electron chi connectivity index (χ2n) is 4.52. The van der Waals surface area contributed by atoms with Gasteiger partial charge in [0.1, 0.15) is 5.75 Å². The quantitative estimate of drug-likeness (QED) is 0.701. The van der Waals surface area contributed by atoms with E-state index >= 15 is 0 Å². The van der Waals surface area contributed by atoms with Crippen molar-refractivity contribution in [3.8, 4) is 23.0 Å². The Kier molecular flexibility index (Phi) is 2.34. The van der Waals surface area contributed by atoms with Crippen molar-refractivity contribution in [1.82, 2.24) is 4.98 Å². The van der Waals surface area contributed by atoms with Crippen LogP contribution in [0.3, 0.4) is 0 Å². The second-order valence-corrected chi connectivity index (χ2v) is 4.52. The van der Waals surface area contributed by atoms with Gasteiger partial charge in [0.05, 0.1) is 11.2 Å². The smallest absolute Gasteiger partial charge is 0.417 e. The van der Waals surface area contributed by atoms with Crippen LogP contribution in [0.1, 0.15) is 0 Å². The second kappa shape index (κ2) is 4.20. The van der Waals surface area contributed by atoms with Crippen LogP contribution in [0.4, 0.5) is 5.69 Å². The topological polar surface area (TPSA) is 99.7 Å². The van der Waals surface area contributed by atoms with E-state index in [9.17, 15) is 4.79 Å². The van der Waals surface area contributed by atoms with Crippen molar-refractivity contribution in [2.45, 2.75) is 0 Å². The van der Waals surface area contributed by atoms with E-state index in [0.29, 0.717) is 39.8 Å². The van der Waals surface area contributed by atoms with Crippen LogP contribution in [-0.4, -0.2) is 11.8 Å². The maximum Gasteiger partial charge on any atom is 0.417 e. The van der Waals surface area contributed by atoms with Crippen LogP contribution in [0, 0.1) is 0 Å². The number of oxazole rings is 1. The fourth-order valence-electron chi connectivity index (χ4n) is 2.15. The molecule has 0 unspecified atom stereocenters. The van der Waals surface area contributed by atoms with E-state index in [2.05, 4.69) is 4.98 Å². The standard InChI is InChI=1S/C14H10N2O5/c15-8-4-12-9(16-14(17)21-12)5-11(8)20-7-1-2-10-13(3-7)19-6-18-10/h1-5H,6,15H2,(H,16,17). The lowest BCUT2D eigenvalue weighted by atomic mass is 10.2. The molecule has 0 spiro atoms. The first kappa shape index (κ1) is 11.7. The highest BCUT2D eigenvalue weighted by Crippen LogP contribution is 2.38. The summed E-state index contributed by atoms with van der Waals surface area (Å²) in [6.07, 6.45) is 0. The average Bonchev–Trinajstić information content (AvgIpc) is 3.04. The number of nitrogens with one attached hydrogen (secondary N) is 1. The number of fused-ring (bicyclic) bond motifs is 2. The van der Waals surface area contributed by atoms with Gasteiger partial charge in [0.2, 0.25) is 6.79 Å². The maximum absolute atomic E-state index is 11.2. The van der Waals surface area contributed by atoms with E-state index in [0.717, 1.165) is 0 Å². The SMILES string of the molecule is Nc1cc2oc(=O)[nH]c2cc1Oc1ccc2c(c1)OCO2. The van der Waals surface area contributed by atoms with Gasteiger partial charge in [-0.05, 0) is 12.1 Å². The largest absolute Gasteiger partial charge is 0.455 e. The van der Waals surface area contributed by atoms with Gasteiger partial charge in [0.15, 0.2) is 22.8 Å². The van der Waals surface area contributed by atoms with E-state index < -0.39 is 5.76 Å². The first-order valence-electron chi connectivity index (χ1n) is 6.19. The first-order chi connectivity index (χ1) is 10.2. The Hall–Kier alpha value is -3.09. The number of H-pyrrole nitrogens is 1. The van der Waals surface area contributed by atoms with Gasteiger partial charge in [-0.15, -0.1) is 0 Å². The molecule has 1 aliphatic heterocycles. The molecule has 3 N–H and O–H groups in total. The van der Waals surface area contributed by atoms with Crippen LogP contribution in [0.15, 0.2) is 39.5 Å². The van der Waals surface area contributed by atoms with Crippen LogP contribution in [0.2, 0.25) is 0 Å². The summed E-state index contributed by atoms with van der Waals surface area (Å²) in [6, 6.07) is 8.36. The van der Waals surface area contributed by atoms with Gasteiger partial charge in [-0.2, -0.15) is 0 Å². The molecule has 2 heterocycles. The summed E-state index contributed by atoms with van der Waals surface area (Å²) in [5.74, 6) is 1.72. The molecule has 0 aliphatic carbocycles. The van der Waals surface area contributed by atoms with E-state index in [1.165, 1.54) is 6.07 Å². The summed E-state index contributed by atoms with van der Waals surface area (Å²) in [4.78, 5) is 13.7. The minimum absolute atomic E-state index is 0.198. The Labute approximate surface area is 117 Å². The molecule has 7 heteroatoms. The molecule has 0 fully saturated rings. The molecule has 106 valence electrons. The maximum atomic E-state index is 11.2. The van der Waals surface area contributed by atoms with Gasteiger partial charge < -0.3 is 24.4 Å². The normalized spacial score (nSPS) is 12.8. The lowest BCUT2D eigenvalue weighted by Gasteiger charge is -2.08. The summed E-state index contributed by atoms with van der Waals surface area (Å²) in [6.45, 7) is 0.198. The molecule has 1 aromatic heterocycles. The minimum atomic E-state index is -0.537. The van der Waals surface area contributed by atoms with Gasteiger partial charge in [-0.1, -0.05) is 0 Å². The van der Waals surface area contributed by atoms with Crippen LogP contribution >= 0.6 is 0 Å². The number of hydrogen-bond acceptors (Lipinski definition) is 6.